The van der Waals surface area contributed by atoms with Crippen molar-refractivity contribution in [1.82, 2.24) is 4.57 Å². The maximum atomic E-state index is 12.0. The summed E-state index contributed by atoms with van der Waals surface area (Å²) >= 11 is 0. The van der Waals surface area contributed by atoms with Gasteiger partial charge in [0.2, 0.25) is 0 Å². The zero-order valence-electron chi connectivity index (χ0n) is 12.9. The summed E-state index contributed by atoms with van der Waals surface area (Å²) in [5, 5.41) is 11.3. The highest BCUT2D eigenvalue weighted by molar-refractivity contribution is 5.95. The van der Waals surface area contributed by atoms with Crippen LogP contribution in [0.25, 0.3) is 0 Å². The Kier molecular flexibility index (Phi) is 5.47. The van der Waals surface area contributed by atoms with Crippen LogP contribution in [0.1, 0.15) is 12.5 Å². The molecule has 0 unspecified atom stereocenters. The number of nitrogens with one attached hydrogen (secondary N) is 1. The predicted molar refractivity (Wildman–Crippen MR) is 86.0 cm³/mol. The average Bonchev–Trinajstić information content (AvgIpc) is 2.57. The Morgan fingerprint density at radius 2 is 1.96 bits per heavy atom. The molecule has 0 aliphatic rings. The first-order chi connectivity index (χ1) is 11.5. The monoisotopic (exact) mass is 325 g/mol. The van der Waals surface area contributed by atoms with E-state index < -0.39 is 18.0 Å². The van der Waals surface area contributed by atoms with Gasteiger partial charge in [-0.05, 0) is 37.3 Å². The van der Waals surface area contributed by atoms with Gasteiger partial charge in [0.15, 0.2) is 6.10 Å². The Balaban J connectivity index is 1.91. The number of rotatable bonds is 5. The van der Waals surface area contributed by atoms with Crippen molar-refractivity contribution in [1.29, 1.82) is 5.26 Å². The Bertz CT molecular complexity index is 834. The van der Waals surface area contributed by atoms with E-state index in [0.717, 1.165) is 0 Å². The first-order valence-electron chi connectivity index (χ1n) is 7.15. The number of carbonyl (C=O) groups excluding carboxylic acids is 2. The minimum absolute atomic E-state index is 0.270. The van der Waals surface area contributed by atoms with Gasteiger partial charge in [0.1, 0.15) is 6.54 Å². The first-order valence-corrected chi connectivity index (χ1v) is 7.15. The minimum atomic E-state index is -1.02. The number of anilines is 1. The summed E-state index contributed by atoms with van der Waals surface area (Å²) in [6, 6.07) is 12.8. The largest absolute Gasteiger partial charge is 0.451 e. The van der Waals surface area contributed by atoms with E-state index in [0.29, 0.717) is 11.3 Å². The maximum Gasteiger partial charge on any atom is 0.326 e. The fraction of sp³-hybridized carbons (Fsp3) is 0.176. The van der Waals surface area contributed by atoms with Crippen molar-refractivity contribution in [3.63, 3.8) is 0 Å². The van der Waals surface area contributed by atoms with Crippen molar-refractivity contribution >= 4 is 17.6 Å². The lowest BCUT2D eigenvalue weighted by Gasteiger charge is -2.14. The van der Waals surface area contributed by atoms with Gasteiger partial charge < -0.3 is 14.6 Å². The summed E-state index contributed by atoms with van der Waals surface area (Å²) in [7, 11) is 0. The number of nitriles is 1. The van der Waals surface area contributed by atoms with Crippen LogP contribution in [0.4, 0.5) is 5.69 Å². The van der Waals surface area contributed by atoms with E-state index in [2.05, 4.69) is 5.32 Å². The number of benzene rings is 1. The van der Waals surface area contributed by atoms with Crippen molar-refractivity contribution in [3.8, 4) is 6.07 Å². The molecule has 7 heteroatoms. The van der Waals surface area contributed by atoms with Gasteiger partial charge in [0, 0.05) is 18.0 Å². The molecule has 0 fully saturated rings. The summed E-state index contributed by atoms with van der Waals surface area (Å²) < 4.78 is 6.21. The number of amides is 1. The standard InChI is InChI=1S/C17H15N3O4/c1-12(17(23)19-14-7-5-13(10-18)6-8-14)24-16(22)11-20-9-3-2-4-15(20)21/h2-9,12H,11H2,1H3,(H,19,23)/t12-/m1/s1. The number of carbonyl (C=O) groups is 2. The summed E-state index contributed by atoms with van der Waals surface area (Å²) in [5.41, 5.74) is 0.631. The van der Waals surface area contributed by atoms with Crippen molar-refractivity contribution in [2.45, 2.75) is 19.6 Å². The second kappa shape index (κ2) is 7.74. The van der Waals surface area contributed by atoms with Crippen LogP contribution >= 0.6 is 0 Å². The normalized spacial score (nSPS) is 11.2. The molecule has 0 saturated heterocycles. The van der Waals surface area contributed by atoms with Crippen LogP contribution in [0, 0.1) is 11.3 Å². The molecule has 2 aromatic rings. The quantitative estimate of drug-likeness (QED) is 0.835. The molecule has 2 rings (SSSR count). The second-order valence-electron chi connectivity index (χ2n) is 4.98. The summed E-state index contributed by atoms with van der Waals surface area (Å²) in [6.07, 6.45) is 0.443. The molecule has 1 N–H and O–H groups in total. The molecule has 1 amide bonds. The van der Waals surface area contributed by atoms with Gasteiger partial charge in [-0.3, -0.25) is 14.4 Å². The van der Waals surface area contributed by atoms with Crippen LogP contribution in [0.5, 0.6) is 0 Å². The van der Waals surface area contributed by atoms with E-state index in [-0.39, 0.29) is 12.1 Å². The number of ether oxygens (including phenoxy) is 1. The molecular weight excluding hydrogens is 310 g/mol. The summed E-state index contributed by atoms with van der Waals surface area (Å²) in [4.78, 5) is 35.3. The van der Waals surface area contributed by atoms with E-state index in [9.17, 15) is 14.4 Å². The number of hydrogen-bond donors (Lipinski definition) is 1. The van der Waals surface area contributed by atoms with Gasteiger partial charge in [-0.15, -0.1) is 0 Å². The highest BCUT2D eigenvalue weighted by Gasteiger charge is 2.18. The molecule has 0 aliphatic heterocycles. The molecule has 7 nitrogen and oxygen atoms in total. The highest BCUT2D eigenvalue weighted by Crippen LogP contribution is 2.09. The first kappa shape index (κ1) is 17.0. The molecule has 0 spiro atoms. The van der Waals surface area contributed by atoms with Crippen molar-refractivity contribution in [3.05, 3.63) is 64.6 Å². The third-order valence-electron chi connectivity index (χ3n) is 3.16. The third kappa shape index (κ3) is 4.55. The van der Waals surface area contributed by atoms with Gasteiger partial charge in [0.25, 0.3) is 11.5 Å². The number of pyridine rings is 1. The lowest BCUT2D eigenvalue weighted by molar-refractivity contribution is -0.153. The molecule has 0 bridgehead atoms. The van der Waals surface area contributed by atoms with Crippen LogP contribution in [0.15, 0.2) is 53.5 Å². The maximum absolute atomic E-state index is 12.0. The van der Waals surface area contributed by atoms with Crippen LogP contribution in [0.2, 0.25) is 0 Å². The van der Waals surface area contributed by atoms with Gasteiger partial charge >= 0.3 is 5.97 Å². The van der Waals surface area contributed by atoms with Crippen molar-refractivity contribution in [2.24, 2.45) is 0 Å². The lowest BCUT2D eigenvalue weighted by Crippen LogP contribution is -2.32. The van der Waals surface area contributed by atoms with E-state index in [1.54, 1.807) is 36.4 Å². The molecule has 24 heavy (non-hydrogen) atoms. The molecule has 1 heterocycles. The van der Waals surface area contributed by atoms with Gasteiger partial charge in [-0.1, -0.05) is 6.07 Å². The lowest BCUT2D eigenvalue weighted by atomic mass is 10.2. The summed E-state index contributed by atoms with van der Waals surface area (Å²) in [5.74, 6) is -1.20. The second-order valence-corrected chi connectivity index (χ2v) is 4.98. The Labute approximate surface area is 138 Å². The van der Waals surface area contributed by atoms with E-state index in [4.69, 9.17) is 10.00 Å². The number of aromatic nitrogens is 1. The minimum Gasteiger partial charge on any atom is -0.451 e. The Morgan fingerprint density at radius 3 is 2.58 bits per heavy atom. The molecular formula is C17H15N3O4. The zero-order chi connectivity index (χ0) is 17.5. The number of nitrogens with zero attached hydrogens (tertiary/aromatic N) is 2. The fourth-order valence-corrected chi connectivity index (χ4v) is 1.89. The molecule has 1 atom stereocenters. The molecule has 122 valence electrons. The third-order valence-corrected chi connectivity index (χ3v) is 3.16. The number of esters is 1. The molecule has 0 saturated carbocycles. The topological polar surface area (TPSA) is 101 Å². The molecule has 1 aromatic carbocycles. The number of hydrogen-bond acceptors (Lipinski definition) is 5. The Morgan fingerprint density at radius 1 is 1.25 bits per heavy atom. The van der Waals surface area contributed by atoms with E-state index in [1.807, 2.05) is 6.07 Å². The van der Waals surface area contributed by atoms with Crippen LogP contribution in [-0.4, -0.2) is 22.5 Å². The van der Waals surface area contributed by atoms with Crippen LogP contribution in [0.3, 0.4) is 0 Å². The molecule has 1 aromatic heterocycles. The summed E-state index contributed by atoms with van der Waals surface area (Å²) in [6.45, 7) is 1.17. The van der Waals surface area contributed by atoms with E-state index >= 15 is 0 Å². The Hall–Kier alpha value is -3.40. The highest BCUT2D eigenvalue weighted by atomic mass is 16.5. The molecule has 0 aliphatic carbocycles. The van der Waals surface area contributed by atoms with Crippen molar-refractivity contribution in [2.75, 3.05) is 5.32 Å². The van der Waals surface area contributed by atoms with Crippen LogP contribution < -0.4 is 10.9 Å². The zero-order valence-corrected chi connectivity index (χ0v) is 12.9. The fourth-order valence-electron chi connectivity index (χ4n) is 1.89. The molecule has 0 radical (unpaired) electrons. The van der Waals surface area contributed by atoms with Gasteiger partial charge in [-0.2, -0.15) is 5.26 Å². The SMILES string of the molecule is C[C@@H](OC(=O)Cn1ccccc1=O)C(=O)Nc1ccc(C#N)cc1. The van der Waals surface area contributed by atoms with E-state index in [1.165, 1.54) is 23.8 Å². The van der Waals surface area contributed by atoms with Gasteiger partial charge in [-0.25, -0.2) is 0 Å². The predicted octanol–water partition coefficient (Wildman–Crippen LogP) is 1.29. The van der Waals surface area contributed by atoms with Gasteiger partial charge in [0.05, 0.1) is 11.6 Å². The smallest absolute Gasteiger partial charge is 0.326 e. The van der Waals surface area contributed by atoms with Crippen LogP contribution in [-0.2, 0) is 20.9 Å². The average molecular weight is 325 g/mol. The van der Waals surface area contributed by atoms with Crippen molar-refractivity contribution < 1.29 is 14.3 Å².